The number of aliphatic hydroxyl groups excluding tert-OH is 4. The highest BCUT2D eigenvalue weighted by atomic mass is 16.7. The van der Waals surface area contributed by atoms with Gasteiger partial charge in [-0.15, -0.1) is 0 Å². The highest BCUT2D eigenvalue weighted by Gasteiger charge is 2.44. The van der Waals surface area contributed by atoms with Gasteiger partial charge in [-0.25, -0.2) is 0 Å². The van der Waals surface area contributed by atoms with Crippen LogP contribution in [0.25, 0.3) is 0 Å². The van der Waals surface area contributed by atoms with E-state index in [0.29, 0.717) is 11.3 Å². The Morgan fingerprint density at radius 2 is 1.73 bits per heavy atom. The van der Waals surface area contributed by atoms with Crippen LogP contribution in [0.4, 0.5) is 0 Å². The predicted molar refractivity (Wildman–Crippen MR) is 102 cm³/mol. The summed E-state index contributed by atoms with van der Waals surface area (Å²) in [5, 5.41) is 48.5. The summed E-state index contributed by atoms with van der Waals surface area (Å²) in [7, 11) is 0. The number of phenols is 1. The predicted octanol–water partition coefficient (Wildman–Crippen LogP) is -0.0702. The lowest BCUT2D eigenvalue weighted by Crippen LogP contribution is -2.60. The van der Waals surface area contributed by atoms with Gasteiger partial charge in [0.25, 0.3) is 0 Å². The van der Waals surface area contributed by atoms with Crippen molar-refractivity contribution < 1.29 is 44.5 Å². The van der Waals surface area contributed by atoms with E-state index in [-0.39, 0.29) is 23.9 Å². The van der Waals surface area contributed by atoms with Gasteiger partial charge in [-0.2, -0.15) is 0 Å². The largest absolute Gasteiger partial charge is 0.508 e. The third-order valence-corrected chi connectivity index (χ3v) is 5.34. The van der Waals surface area contributed by atoms with Crippen LogP contribution in [0.2, 0.25) is 0 Å². The summed E-state index contributed by atoms with van der Waals surface area (Å²) in [5.41, 5.74) is 1.09. The fourth-order valence-corrected chi connectivity index (χ4v) is 3.59. The quantitative estimate of drug-likeness (QED) is 0.460. The Bertz CT molecular complexity index is 911. The molecule has 0 unspecified atom stereocenters. The SMILES string of the molecule is O=C1c2ccc(O[C@@H]3O[C@H](CO)[C@@H](O)[C@H](O)[C@H]3O)cc2OC[C@@H]1c1ccc(O)cc1. The van der Waals surface area contributed by atoms with E-state index in [0.717, 1.165) is 5.56 Å². The molecule has 1 saturated heterocycles. The Balaban J connectivity index is 1.51. The van der Waals surface area contributed by atoms with E-state index in [1.165, 1.54) is 30.3 Å². The molecular formula is C21H22O9. The molecule has 9 nitrogen and oxygen atoms in total. The van der Waals surface area contributed by atoms with Crippen LogP contribution < -0.4 is 9.47 Å². The molecule has 0 bridgehead atoms. The van der Waals surface area contributed by atoms with Gasteiger partial charge in [-0.1, -0.05) is 12.1 Å². The summed E-state index contributed by atoms with van der Waals surface area (Å²) in [6.45, 7) is -0.453. The Kier molecular flexibility index (Phi) is 5.63. The second-order valence-electron chi connectivity index (χ2n) is 7.29. The average molecular weight is 418 g/mol. The highest BCUT2D eigenvalue weighted by molar-refractivity contribution is 6.04. The third kappa shape index (κ3) is 3.73. The maximum atomic E-state index is 12.9. The van der Waals surface area contributed by atoms with E-state index in [1.54, 1.807) is 12.1 Å². The zero-order chi connectivity index (χ0) is 21.4. The van der Waals surface area contributed by atoms with Gasteiger partial charge in [0.2, 0.25) is 6.29 Å². The number of fused-ring (bicyclic) bond motifs is 1. The second-order valence-corrected chi connectivity index (χ2v) is 7.29. The smallest absolute Gasteiger partial charge is 0.229 e. The minimum Gasteiger partial charge on any atom is -0.508 e. The molecule has 4 rings (SSSR count). The average Bonchev–Trinajstić information content (AvgIpc) is 2.75. The zero-order valence-corrected chi connectivity index (χ0v) is 15.8. The molecule has 9 heteroatoms. The Hall–Kier alpha value is -2.69. The lowest BCUT2D eigenvalue weighted by atomic mass is 9.89. The minimum absolute atomic E-state index is 0.110. The molecule has 2 aromatic rings. The number of hydrogen-bond donors (Lipinski definition) is 5. The number of rotatable bonds is 4. The molecule has 6 atom stereocenters. The number of benzene rings is 2. The van der Waals surface area contributed by atoms with Crippen molar-refractivity contribution in [2.24, 2.45) is 0 Å². The maximum Gasteiger partial charge on any atom is 0.229 e. The number of carbonyl (C=O) groups is 1. The first-order chi connectivity index (χ1) is 14.4. The Labute approximate surface area is 171 Å². The summed E-state index contributed by atoms with van der Waals surface area (Å²) < 4.78 is 16.6. The summed E-state index contributed by atoms with van der Waals surface area (Å²) >= 11 is 0. The molecule has 2 aliphatic heterocycles. The van der Waals surface area contributed by atoms with Crippen LogP contribution >= 0.6 is 0 Å². The van der Waals surface area contributed by atoms with Crippen LogP contribution in [-0.4, -0.2) is 75.2 Å². The number of hydrogen-bond acceptors (Lipinski definition) is 9. The van der Waals surface area contributed by atoms with Gasteiger partial charge in [-0.3, -0.25) is 4.79 Å². The van der Waals surface area contributed by atoms with E-state index in [1.807, 2.05) is 0 Å². The van der Waals surface area contributed by atoms with Crippen molar-refractivity contribution in [3.8, 4) is 17.2 Å². The lowest BCUT2D eigenvalue weighted by Gasteiger charge is -2.39. The third-order valence-electron chi connectivity index (χ3n) is 5.34. The van der Waals surface area contributed by atoms with E-state index < -0.39 is 43.2 Å². The standard InChI is InChI=1S/C21H22O9/c22-8-16-18(25)19(26)20(27)21(30-16)29-12-5-6-13-15(7-12)28-9-14(17(13)24)10-1-3-11(23)4-2-10/h1-7,14,16,18-23,25-27H,8-9H2/t14-,16-,18-,19+,20-,21-/m1/s1. The second kappa shape index (κ2) is 8.21. The van der Waals surface area contributed by atoms with Crippen LogP contribution in [0.3, 0.4) is 0 Å². The molecule has 0 radical (unpaired) electrons. The number of aromatic hydroxyl groups is 1. The van der Waals surface area contributed by atoms with Crippen LogP contribution in [-0.2, 0) is 4.74 Å². The molecule has 5 N–H and O–H groups in total. The van der Waals surface area contributed by atoms with Crippen LogP contribution in [0.5, 0.6) is 17.2 Å². The number of ether oxygens (including phenoxy) is 3. The number of aliphatic hydroxyl groups is 4. The first kappa shape index (κ1) is 20.6. The molecule has 0 spiro atoms. The zero-order valence-electron chi connectivity index (χ0n) is 15.8. The first-order valence-corrected chi connectivity index (χ1v) is 9.46. The van der Waals surface area contributed by atoms with Gasteiger partial charge in [0.05, 0.1) is 18.1 Å². The summed E-state index contributed by atoms with van der Waals surface area (Å²) in [5.74, 6) is -0.0129. The van der Waals surface area contributed by atoms with Crippen molar-refractivity contribution in [1.82, 2.24) is 0 Å². The van der Waals surface area contributed by atoms with Crippen molar-refractivity contribution >= 4 is 5.78 Å². The molecule has 0 saturated carbocycles. The molecule has 160 valence electrons. The van der Waals surface area contributed by atoms with E-state index in [2.05, 4.69) is 0 Å². The number of carbonyl (C=O) groups excluding carboxylic acids is 1. The lowest BCUT2D eigenvalue weighted by molar-refractivity contribution is -0.277. The van der Waals surface area contributed by atoms with Crippen LogP contribution in [0, 0.1) is 0 Å². The molecular weight excluding hydrogens is 396 g/mol. The topological polar surface area (TPSA) is 146 Å². The molecule has 0 aromatic heterocycles. The van der Waals surface area contributed by atoms with Gasteiger partial charge in [0.1, 0.15) is 48.3 Å². The Morgan fingerprint density at radius 3 is 2.43 bits per heavy atom. The van der Waals surface area contributed by atoms with Crippen LogP contribution in [0.15, 0.2) is 42.5 Å². The molecule has 2 aromatic carbocycles. The van der Waals surface area contributed by atoms with Crippen molar-refractivity contribution in [3.05, 3.63) is 53.6 Å². The van der Waals surface area contributed by atoms with E-state index in [9.17, 15) is 30.3 Å². The first-order valence-electron chi connectivity index (χ1n) is 9.46. The minimum atomic E-state index is -1.55. The van der Waals surface area contributed by atoms with Gasteiger partial charge >= 0.3 is 0 Å². The van der Waals surface area contributed by atoms with Gasteiger partial charge < -0.3 is 39.7 Å². The van der Waals surface area contributed by atoms with Crippen LogP contribution in [0.1, 0.15) is 21.8 Å². The number of Topliss-reactive ketones (excluding diaryl/α,β-unsaturated/α-hetero) is 1. The fraction of sp³-hybridized carbons (Fsp3) is 0.381. The van der Waals surface area contributed by atoms with Crippen molar-refractivity contribution in [3.63, 3.8) is 0 Å². The van der Waals surface area contributed by atoms with Crippen molar-refractivity contribution in [2.75, 3.05) is 13.2 Å². The molecule has 0 aliphatic carbocycles. The van der Waals surface area contributed by atoms with Crippen molar-refractivity contribution in [1.29, 1.82) is 0 Å². The molecule has 2 heterocycles. The van der Waals surface area contributed by atoms with Gasteiger partial charge in [0, 0.05) is 6.07 Å². The molecule has 0 amide bonds. The molecule has 2 aliphatic rings. The normalized spacial score (nSPS) is 31.0. The highest BCUT2D eigenvalue weighted by Crippen LogP contribution is 2.36. The van der Waals surface area contributed by atoms with Gasteiger partial charge in [-0.05, 0) is 29.8 Å². The van der Waals surface area contributed by atoms with E-state index in [4.69, 9.17) is 14.2 Å². The number of ketones is 1. The maximum absolute atomic E-state index is 12.9. The Morgan fingerprint density at radius 1 is 1.00 bits per heavy atom. The fourth-order valence-electron chi connectivity index (χ4n) is 3.59. The summed E-state index contributed by atoms with van der Waals surface area (Å²) in [6, 6.07) is 10.9. The summed E-state index contributed by atoms with van der Waals surface area (Å²) in [4.78, 5) is 12.9. The summed E-state index contributed by atoms with van der Waals surface area (Å²) in [6.07, 6.45) is -6.99. The number of phenolic OH excluding ortho intramolecular Hbond substituents is 1. The monoisotopic (exact) mass is 418 g/mol. The molecule has 30 heavy (non-hydrogen) atoms. The van der Waals surface area contributed by atoms with E-state index >= 15 is 0 Å². The van der Waals surface area contributed by atoms with Gasteiger partial charge in [0.15, 0.2) is 5.78 Å². The molecule has 1 fully saturated rings. The van der Waals surface area contributed by atoms with Crippen molar-refractivity contribution in [2.45, 2.75) is 36.6 Å².